The van der Waals surface area contributed by atoms with E-state index in [1.165, 1.54) is 74.9 Å². The van der Waals surface area contributed by atoms with Gasteiger partial charge in [-0.3, -0.25) is 0 Å². The zero-order chi connectivity index (χ0) is 38.2. The topological polar surface area (TPSA) is 13.1 Å². The third-order valence-electron chi connectivity index (χ3n) is 11.7. The van der Waals surface area contributed by atoms with Crippen molar-refractivity contribution in [2.75, 3.05) is 4.90 Å². The van der Waals surface area contributed by atoms with Gasteiger partial charge in [0, 0.05) is 70.2 Å². The van der Waals surface area contributed by atoms with Gasteiger partial charge in [-0.2, -0.15) is 0 Å². The van der Waals surface area contributed by atoms with Crippen LogP contribution in [0.15, 0.2) is 212 Å². The summed E-state index contributed by atoms with van der Waals surface area (Å²) in [7, 11) is 0. The van der Waals surface area contributed by atoms with Crippen LogP contribution in [0.1, 0.15) is 0 Å². The number of benzene rings is 9. The lowest BCUT2D eigenvalue weighted by Gasteiger charge is -2.26. The molecule has 3 heterocycles. The molecule has 0 amide bonds. The van der Waals surface area contributed by atoms with E-state index in [0.717, 1.165) is 28.4 Å². The molecule has 4 heteroatoms. The summed E-state index contributed by atoms with van der Waals surface area (Å²) in [6, 6.07) is 77.4. The summed E-state index contributed by atoms with van der Waals surface area (Å²) in [5, 5.41) is 7.59. The normalized spacial score (nSPS) is 11.8. The highest BCUT2D eigenvalue weighted by Gasteiger charge is 2.19. The van der Waals surface area contributed by atoms with Gasteiger partial charge in [0.15, 0.2) is 0 Å². The second kappa shape index (κ2) is 13.1. The number of thiophene rings is 1. The van der Waals surface area contributed by atoms with E-state index in [9.17, 15) is 0 Å². The van der Waals surface area contributed by atoms with E-state index in [-0.39, 0.29) is 0 Å². The molecule has 0 saturated heterocycles. The molecule has 0 bridgehead atoms. The second-order valence-corrected chi connectivity index (χ2v) is 16.1. The molecule has 0 unspecified atom stereocenters. The van der Waals surface area contributed by atoms with E-state index in [0.29, 0.717) is 0 Å². The third kappa shape index (κ3) is 5.12. The first kappa shape index (κ1) is 32.8. The van der Waals surface area contributed by atoms with Crippen LogP contribution in [0, 0.1) is 0 Å². The Morgan fingerprint density at radius 1 is 0.293 bits per heavy atom. The van der Waals surface area contributed by atoms with Crippen LogP contribution in [0.5, 0.6) is 0 Å². The number of nitrogens with zero attached hydrogens (tertiary/aromatic N) is 3. The standard InChI is InChI=1S/C54H35N3S/c1-2-12-38(13-3-1)56-51-20-10-6-16-45(51)47-34-41(30-32-52(47)56)55(42-31-33-54-48(35-42)46-17-7-11-21-53(46)58-54)39-26-22-36(23-27-39)37-24-28-40(29-25-37)57-49-18-8-4-14-43(49)44-15-5-9-19-50(44)57/h1-35H. The van der Waals surface area contributed by atoms with Crippen molar-refractivity contribution in [3.05, 3.63) is 212 Å². The van der Waals surface area contributed by atoms with Crippen molar-refractivity contribution in [3.8, 4) is 22.5 Å². The molecule has 12 rings (SSSR count). The van der Waals surface area contributed by atoms with E-state index in [2.05, 4.69) is 226 Å². The van der Waals surface area contributed by atoms with E-state index in [1.54, 1.807) is 0 Å². The Kier molecular flexibility index (Phi) is 7.40. The predicted molar refractivity (Wildman–Crippen MR) is 248 cm³/mol. The van der Waals surface area contributed by atoms with E-state index >= 15 is 0 Å². The number of anilines is 3. The molecule has 0 fully saturated rings. The minimum absolute atomic E-state index is 1.11. The molecular weight excluding hydrogens is 723 g/mol. The first-order valence-electron chi connectivity index (χ1n) is 19.8. The van der Waals surface area contributed by atoms with Gasteiger partial charge in [0.2, 0.25) is 0 Å². The summed E-state index contributed by atoms with van der Waals surface area (Å²) >= 11 is 1.86. The molecule has 9 aromatic carbocycles. The van der Waals surface area contributed by atoms with Crippen molar-refractivity contribution in [1.29, 1.82) is 0 Å². The van der Waals surface area contributed by atoms with Crippen LogP contribution in [-0.4, -0.2) is 9.13 Å². The van der Waals surface area contributed by atoms with Crippen molar-refractivity contribution < 1.29 is 0 Å². The lowest BCUT2D eigenvalue weighted by atomic mass is 10.0. The van der Waals surface area contributed by atoms with E-state index in [4.69, 9.17) is 0 Å². The zero-order valence-electron chi connectivity index (χ0n) is 31.5. The Morgan fingerprint density at radius 2 is 0.724 bits per heavy atom. The van der Waals surface area contributed by atoms with Crippen molar-refractivity contribution >= 4 is 92.2 Å². The molecule has 0 spiro atoms. The van der Waals surface area contributed by atoms with Gasteiger partial charge in [0.25, 0.3) is 0 Å². The Bertz CT molecular complexity index is 3440. The molecule has 3 nitrogen and oxygen atoms in total. The predicted octanol–water partition coefficient (Wildman–Crippen LogP) is 15.4. The number of rotatable bonds is 6. The van der Waals surface area contributed by atoms with Crippen LogP contribution in [0.4, 0.5) is 17.1 Å². The summed E-state index contributed by atoms with van der Waals surface area (Å²) in [4.78, 5) is 2.41. The Labute approximate surface area is 339 Å². The first-order chi connectivity index (χ1) is 28.8. The number of hydrogen-bond acceptors (Lipinski definition) is 2. The average Bonchev–Trinajstić information content (AvgIpc) is 3.95. The van der Waals surface area contributed by atoms with Crippen molar-refractivity contribution in [1.82, 2.24) is 9.13 Å². The van der Waals surface area contributed by atoms with Gasteiger partial charge < -0.3 is 14.0 Å². The largest absolute Gasteiger partial charge is 0.310 e. The summed E-state index contributed by atoms with van der Waals surface area (Å²) in [6.45, 7) is 0. The molecule has 12 aromatic rings. The maximum absolute atomic E-state index is 2.41. The van der Waals surface area contributed by atoms with Crippen LogP contribution in [-0.2, 0) is 0 Å². The van der Waals surface area contributed by atoms with Crippen LogP contribution in [0.3, 0.4) is 0 Å². The average molecular weight is 758 g/mol. The highest BCUT2D eigenvalue weighted by Crippen LogP contribution is 2.43. The summed E-state index contributed by atoms with van der Waals surface area (Å²) in [5.74, 6) is 0. The van der Waals surface area contributed by atoms with Crippen molar-refractivity contribution in [2.45, 2.75) is 0 Å². The minimum Gasteiger partial charge on any atom is -0.310 e. The van der Waals surface area contributed by atoms with Gasteiger partial charge in [0.1, 0.15) is 0 Å². The van der Waals surface area contributed by atoms with E-state index < -0.39 is 0 Å². The second-order valence-electron chi connectivity index (χ2n) is 15.0. The first-order valence-corrected chi connectivity index (χ1v) is 20.6. The highest BCUT2D eigenvalue weighted by molar-refractivity contribution is 7.25. The van der Waals surface area contributed by atoms with Crippen LogP contribution in [0.25, 0.3) is 86.3 Å². The van der Waals surface area contributed by atoms with Gasteiger partial charge in [-0.15, -0.1) is 11.3 Å². The summed E-state index contributed by atoms with van der Waals surface area (Å²) < 4.78 is 7.36. The third-order valence-corrected chi connectivity index (χ3v) is 12.9. The fraction of sp³-hybridized carbons (Fsp3) is 0. The number of aromatic nitrogens is 2. The Morgan fingerprint density at radius 3 is 1.36 bits per heavy atom. The maximum atomic E-state index is 2.41. The van der Waals surface area contributed by atoms with Crippen LogP contribution >= 0.6 is 11.3 Å². The van der Waals surface area contributed by atoms with E-state index in [1.807, 2.05) is 11.3 Å². The molecule has 0 radical (unpaired) electrons. The van der Waals surface area contributed by atoms with Crippen molar-refractivity contribution in [3.63, 3.8) is 0 Å². The molecular formula is C54H35N3S. The van der Waals surface area contributed by atoms with Gasteiger partial charge in [-0.05, 0) is 108 Å². The summed E-state index contributed by atoms with van der Waals surface area (Å²) in [6.07, 6.45) is 0. The number of fused-ring (bicyclic) bond motifs is 9. The maximum Gasteiger partial charge on any atom is 0.0542 e. The molecule has 0 N–H and O–H groups in total. The Hall–Kier alpha value is -7.40. The SMILES string of the molecule is c1ccc(-n2c3ccccc3c3cc(N(c4ccc(-c5ccc(-n6c7ccccc7c7ccccc76)cc5)cc4)c4ccc5sc6ccccc6c5c4)ccc32)cc1. The fourth-order valence-electron chi connectivity index (χ4n) is 9.06. The highest BCUT2D eigenvalue weighted by atomic mass is 32.1. The molecule has 0 aliphatic rings. The quantitative estimate of drug-likeness (QED) is 0.165. The van der Waals surface area contributed by atoms with Crippen molar-refractivity contribution in [2.24, 2.45) is 0 Å². The Balaban J connectivity index is 0.979. The van der Waals surface area contributed by atoms with Gasteiger partial charge in [-0.1, -0.05) is 115 Å². The molecule has 0 saturated carbocycles. The molecule has 0 aliphatic heterocycles. The molecule has 3 aromatic heterocycles. The monoisotopic (exact) mass is 757 g/mol. The number of para-hydroxylation sites is 4. The smallest absolute Gasteiger partial charge is 0.0542 e. The lowest BCUT2D eigenvalue weighted by molar-refractivity contribution is 1.18. The van der Waals surface area contributed by atoms with Crippen LogP contribution in [0.2, 0.25) is 0 Å². The fourth-order valence-corrected chi connectivity index (χ4v) is 10.1. The minimum atomic E-state index is 1.11. The van der Waals surface area contributed by atoms with Gasteiger partial charge in [0.05, 0.1) is 22.1 Å². The zero-order valence-corrected chi connectivity index (χ0v) is 32.3. The molecule has 0 aliphatic carbocycles. The van der Waals surface area contributed by atoms with Gasteiger partial charge >= 0.3 is 0 Å². The molecule has 272 valence electrons. The molecule has 0 atom stereocenters. The number of hydrogen-bond donors (Lipinski definition) is 0. The van der Waals surface area contributed by atoms with Crippen LogP contribution < -0.4 is 4.90 Å². The van der Waals surface area contributed by atoms with Gasteiger partial charge in [-0.25, -0.2) is 0 Å². The summed E-state index contributed by atoms with van der Waals surface area (Å²) in [5.41, 5.74) is 12.9. The molecule has 58 heavy (non-hydrogen) atoms. The lowest BCUT2D eigenvalue weighted by Crippen LogP contribution is -2.09.